The minimum absolute atomic E-state index is 0.558. The van der Waals surface area contributed by atoms with Crippen LogP contribution in [0.2, 0.25) is 0 Å². The van der Waals surface area contributed by atoms with Gasteiger partial charge in [0.15, 0.2) is 0 Å². The number of carbonyl (C=O) groups is 2. The monoisotopic (exact) mass is 415 g/mol. The zero-order chi connectivity index (χ0) is 22.2. The highest BCUT2D eigenvalue weighted by atomic mass is 16.4. The molecular weight excluding hydrogens is 394 g/mol. The molecule has 0 atom stereocenters. The molecule has 0 fully saturated rings. The third kappa shape index (κ3) is 4.97. The Hall–Kier alpha value is -4.39. The van der Waals surface area contributed by atoms with Crippen LogP contribution in [0.5, 0.6) is 0 Å². The van der Waals surface area contributed by atoms with Gasteiger partial charge in [-0.05, 0) is 24.3 Å². The molecule has 0 bridgehead atoms. The van der Waals surface area contributed by atoms with E-state index in [2.05, 4.69) is 69.8 Å². The van der Waals surface area contributed by atoms with Crippen molar-refractivity contribution in [3.05, 3.63) is 97.9 Å². The van der Waals surface area contributed by atoms with Crippen LogP contribution in [-0.4, -0.2) is 38.4 Å². The summed E-state index contributed by atoms with van der Waals surface area (Å²) in [5.41, 5.74) is 3.46. The van der Waals surface area contributed by atoms with Gasteiger partial charge in [0.25, 0.3) is 0 Å². The summed E-state index contributed by atoms with van der Waals surface area (Å²) < 4.78 is 2.27. The zero-order valence-corrected chi connectivity index (χ0v) is 16.6. The molecule has 0 unspecified atom stereocenters. The second-order valence-corrected chi connectivity index (χ2v) is 6.43. The molecule has 0 radical (unpaired) electrons. The van der Waals surface area contributed by atoms with Gasteiger partial charge in [-0.3, -0.25) is 14.7 Å². The van der Waals surface area contributed by atoms with Crippen LogP contribution in [0.4, 0.5) is 5.69 Å². The molecule has 0 saturated heterocycles. The highest BCUT2D eigenvalue weighted by Crippen LogP contribution is 2.31. The Morgan fingerprint density at radius 1 is 0.871 bits per heavy atom. The van der Waals surface area contributed by atoms with Crippen LogP contribution in [0.3, 0.4) is 0 Å². The second kappa shape index (κ2) is 9.89. The lowest BCUT2D eigenvalue weighted by Gasteiger charge is -2.26. The number of hydrogen-bond donors (Lipinski definition) is 2. The lowest BCUT2D eigenvalue weighted by Crippen LogP contribution is -2.29. The fourth-order valence-corrected chi connectivity index (χ4v) is 3.25. The molecule has 0 amide bonds. The normalized spacial score (nSPS) is 10.6. The lowest BCUT2D eigenvalue weighted by molar-refractivity contribution is -0.134. The standard InChI is InChI=1S/C20H17N3.C4H4O4/c1-2-15-22(16-11-13-21-14-12-16)23-19-9-5-3-7-17(19)18-8-4-6-10-20(18)23;5-3(6)1-2-4(7)8/h2-14H,1,15H2;1-2H,(H,5,6)(H,7,8)/b;2-1-. The van der Waals surface area contributed by atoms with Crippen molar-refractivity contribution in [2.45, 2.75) is 0 Å². The zero-order valence-electron chi connectivity index (χ0n) is 16.6. The first kappa shape index (κ1) is 21.3. The third-order valence-electron chi connectivity index (χ3n) is 4.43. The molecule has 0 aliphatic heterocycles. The third-order valence-corrected chi connectivity index (χ3v) is 4.43. The lowest BCUT2D eigenvalue weighted by atomic mass is 10.2. The van der Waals surface area contributed by atoms with Gasteiger partial charge in [-0.2, -0.15) is 0 Å². The van der Waals surface area contributed by atoms with Gasteiger partial charge in [0.2, 0.25) is 0 Å². The molecular formula is C24H21N3O4. The Morgan fingerprint density at radius 2 is 1.35 bits per heavy atom. The van der Waals surface area contributed by atoms with E-state index in [1.807, 2.05) is 30.6 Å². The fraction of sp³-hybridized carbons (Fsp3) is 0.0417. The molecule has 0 aliphatic rings. The van der Waals surface area contributed by atoms with Gasteiger partial charge < -0.3 is 10.2 Å². The van der Waals surface area contributed by atoms with Crippen LogP contribution in [0, 0.1) is 0 Å². The van der Waals surface area contributed by atoms with Gasteiger partial charge >= 0.3 is 11.9 Å². The highest BCUT2D eigenvalue weighted by molar-refractivity contribution is 6.08. The number of hydrogen-bond acceptors (Lipinski definition) is 4. The van der Waals surface area contributed by atoms with E-state index in [0.717, 1.165) is 5.69 Å². The molecule has 7 heteroatoms. The Bertz CT molecular complexity index is 1180. The number of aliphatic carboxylic acids is 2. The number of aromatic nitrogens is 2. The maximum Gasteiger partial charge on any atom is 0.328 e. The summed E-state index contributed by atoms with van der Waals surface area (Å²) in [6.45, 7) is 4.64. The minimum atomic E-state index is -1.26. The van der Waals surface area contributed by atoms with E-state index < -0.39 is 11.9 Å². The van der Waals surface area contributed by atoms with E-state index in [4.69, 9.17) is 10.2 Å². The van der Waals surface area contributed by atoms with Crippen LogP contribution in [0.15, 0.2) is 97.9 Å². The first-order valence-corrected chi connectivity index (χ1v) is 9.43. The number of para-hydroxylation sites is 2. The van der Waals surface area contributed by atoms with Crippen molar-refractivity contribution in [1.29, 1.82) is 0 Å². The van der Waals surface area contributed by atoms with Crippen LogP contribution in [-0.2, 0) is 9.59 Å². The predicted molar refractivity (Wildman–Crippen MR) is 121 cm³/mol. The Morgan fingerprint density at radius 3 is 1.81 bits per heavy atom. The molecule has 0 aliphatic carbocycles. The molecule has 0 saturated carbocycles. The van der Waals surface area contributed by atoms with Crippen molar-refractivity contribution in [3.63, 3.8) is 0 Å². The van der Waals surface area contributed by atoms with Crippen molar-refractivity contribution in [2.75, 3.05) is 11.6 Å². The quantitative estimate of drug-likeness (QED) is 0.359. The average molecular weight is 415 g/mol. The molecule has 2 aromatic heterocycles. The van der Waals surface area contributed by atoms with Gasteiger partial charge in [-0.15, -0.1) is 6.58 Å². The predicted octanol–water partition coefficient (Wildman–Crippen LogP) is 4.36. The van der Waals surface area contributed by atoms with Crippen molar-refractivity contribution in [2.24, 2.45) is 0 Å². The minimum Gasteiger partial charge on any atom is -0.478 e. The number of carboxylic acid groups (broad SMARTS) is 2. The van der Waals surface area contributed by atoms with Gasteiger partial charge in [0, 0.05) is 35.3 Å². The molecule has 7 nitrogen and oxygen atoms in total. The van der Waals surface area contributed by atoms with E-state index in [1.54, 1.807) is 0 Å². The summed E-state index contributed by atoms with van der Waals surface area (Å²) in [6.07, 6.45) is 6.67. The highest BCUT2D eigenvalue weighted by Gasteiger charge is 2.15. The number of carboxylic acids is 2. The largest absolute Gasteiger partial charge is 0.478 e. The molecule has 0 spiro atoms. The van der Waals surface area contributed by atoms with Crippen molar-refractivity contribution >= 4 is 39.4 Å². The van der Waals surface area contributed by atoms with E-state index in [9.17, 15) is 9.59 Å². The fourth-order valence-electron chi connectivity index (χ4n) is 3.25. The number of pyridine rings is 1. The SMILES string of the molecule is C=CCN(c1ccncc1)n1c2ccccc2c2ccccc21.O=C(O)/C=C\C(=O)O. The number of fused-ring (bicyclic) bond motifs is 3. The first-order valence-electron chi connectivity index (χ1n) is 9.43. The van der Waals surface area contributed by atoms with Gasteiger partial charge in [-0.25, -0.2) is 9.59 Å². The van der Waals surface area contributed by atoms with E-state index in [0.29, 0.717) is 18.7 Å². The Kier molecular flexibility index (Phi) is 6.80. The van der Waals surface area contributed by atoms with Crippen LogP contribution >= 0.6 is 0 Å². The maximum absolute atomic E-state index is 9.55. The summed E-state index contributed by atoms with van der Waals surface area (Å²) in [6, 6.07) is 21.0. The summed E-state index contributed by atoms with van der Waals surface area (Å²) in [7, 11) is 0. The number of anilines is 1. The van der Waals surface area contributed by atoms with E-state index in [1.165, 1.54) is 21.8 Å². The molecule has 2 aromatic carbocycles. The maximum atomic E-state index is 9.55. The Balaban J connectivity index is 0.000000293. The van der Waals surface area contributed by atoms with Crippen LogP contribution < -0.4 is 5.01 Å². The van der Waals surface area contributed by atoms with Crippen molar-refractivity contribution in [1.82, 2.24) is 9.66 Å². The summed E-state index contributed by atoms with van der Waals surface area (Å²) in [5, 5.41) is 20.4. The number of benzene rings is 2. The van der Waals surface area contributed by atoms with Crippen molar-refractivity contribution < 1.29 is 19.8 Å². The number of nitrogens with zero attached hydrogens (tertiary/aromatic N) is 3. The van der Waals surface area contributed by atoms with Crippen LogP contribution in [0.1, 0.15) is 0 Å². The molecule has 2 heterocycles. The van der Waals surface area contributed by atoms with Gasteiger partial charge in [-0.1, -0.05) is 42.5 Å². The summed E-state index contributed by atoms with van der Waals surface area (Å²) >= 11 is 0. The molecule has 4 aromatic rings. The molecule has 31 heavy (non-hydrogen) atoms. The van der Waals surface area contributed by atoms with Crippen molar-refractivity contribution in [3.8, 4) is 0 Å². The van der Waals surface area contributed by atoms with E-state index in [-0.39, 0.29) is 0 Å². The summed E-state index contributed by atoms with van der Waals surface area (Å²) in [5.74, 6) is -2.51. The molecule has 2 N–H and O–H groups in total. The molecule has 4 rings (SSSR count). The number of rotatable bonds is 6. The molecule has 156 valence electrons. The summed E-state index contributed by atoms with van der Waals surface area (Å²) in [4.78, 5) is 23.2. The second-order valence-electron chi connectivity index (χ2n) is 6.43. The average Bonchev–Trinajstić information content (AvgIpc) is 3.11. The van der Waals surface area contributed by atoms with Crippen LogP contribution in [0.25, 0.3) is 21.8 Å². The topological polar surface area (TPSA) is 95.7 Å². The smallest absolute Gasteiger partial charge is 0.328 e. The Labute approximate surface area is 178 Å². The van der Waals surface area contributed by atoms with E-state index >= 15 is 0 Å². The van der Waals surface area contributed by atoms with Gasteiger partial charge in [0.1, 0.15) is 0 Å². The van der Waals surface area contributed by atoms with Gasteiger partial charge in [0.05, 0.1) is 23.3 Å². The first-order chi connectivity index (χ1) is 15.0.